The standard InChI is InChI=1S/C26H38N2O5S/c1-7-16(14-29)28-20-22(31)27(25(5,6)15-24(2,3)4)12-9-11-26(20)19(21(28)30)18-17(34-26)10-8-13-33-23(18)32/h8-11,16-20,29H,7,12-15H2,1-6H3/t16-,17-,18+,19-,20?,26-/m0/s1. The van der Waals surface area contributed by atoms with Crippen LogP contribution in [0, 0.1) is 17.3 Å². The number of amides is 2. The number of likely N-dealkylation sites (tertiary alicyclic amines) is 1. The van der Waals surface area contributed by atoms with E-state index in [1.54, 1.807) is 4.90 Å². The number of ether oxygens (including phenoxy) is 1. The van der Waals surface area contributed by atoms with Gasteiger partial charge < -0.3 is 19.6 Å². The number of aliphatic hydroxyl groups is 1. The molecule has 0 aliphatic carbocycles. The summed E-state index contributed by atoms with van der Waals surface area (Å²) < 4.78 is 4.53. The van der Waals surface area contributed by atoms with E-state index in [-0.39, 0.29) is 41.7 Å². The summed E-state index contributed by atoms with van der Waals surface area (Å²) >= 11 is 1.54. The Morgan fingerprint density at radius 1 is 1.18 bits per heavy atom. The third-order valence-corrected chi connectivity index (χ3v) is 9.36. The van der Waals surface area contributed by atoms with E-state index in [1.807, 2.05) is 36.1 Å². The van der Waals surface area contributed by atoms with Crippen LogP contribution >= 0.6 is 11.8 Å². The van der Waals surface area contributed by atoms with Crippen molar-refractivity contribution < 1.29 is 24.2 Å². The van der Waals surface area contributed by atoms with Gasteiger partial charge in [0.1, 0.15) is 12.6 Å². The maximum Gasteiger partial charge on any atom is 0.311 e. The lowest BCUT2D eigenvalue weighted by molar-refractivity contribution is -0.152. The molecule has 4 rings (SSSR count). The first-order valence-corrected chi connectivity index (χ1v) is 13.2. The van der Waals surface area contributed by atoms with E-state index in [0.717, 1.165) is 6.42 Å². The highest BCUT2D eigenvalue weighted by Crippen LogP contribution is 2.61. The summed E-state index contributed by atoms with van der Waals surface area (Å²) in [7, 11) is 0. The molecule has 0 saturated carbocycles. The first kappa shape index (κ1) is 25.3. The zero-order valence-electron chi connectivity index (χ0n) is 21.1. The van der Waals surface area contributed by atoms with Gasteiger partial charge in [-0.05, 0) is 32.1 Å². The van der Waals surface area contributed by atoms with Gasteiger partial charge in [0.15, 0.2) is 0 Å². The van der Waals surface area contributed by atoms with Crippen molar-refractivity contribution in [2.45, 2.75) is 82.0 Å². The van der Waals surface area contributed by atoms with Crippen LogP contribution in [0.2, 0.25) is 0 Å². The Hall–Kier alpha value is -1.80. The molecule has 0 aromatic rings. The molecule has 0 bridgehead atoms. The van der Waals surface area contributed by atoms with Crippen LogP contribution in [0.3, 0.4) is 0 Å². The first-order valence-electron chi connectivity index (χ1n) is 12.3. The minimum atomic E-state index is -0.876. The number of thioether (sulfide) groups is 1. The van der Waals surface area contributed by atoms with Crippen molar-refractivity contribution in [2.75, 3.05) is 19.8 Å². The summed E-state index contributed by atoms with van der Waals surface area (Å²) in [5.41, 5.74) is -0.433. The van der Waals surface area contributed by atoms with Gasteiger partial charge in [-0.1, -0.05) is 52.0 Å². The Morgan fingerprint density at radius 2 is 1.88 bits per heavy atom. The Morgan fingerprint density at radius 3 is 2.50 bits per heavy atom. The summed E-state index contributed by atoms with van der Waals surface area (Å²) in [5.74, 6) is -2.07. The molecule has 0 radical (unpaired) electrons. The predicted octanol–water partition coefficient (Wildman–Crippen LogP) is 2.78. The molecule has 0 aromatic heterocycles. The van der Waals surface area contributed by atoms with Gasteiger partial charge in [-0.2, -0.15) is 0 Å². The molecule has 4 heterocycles. The van der Waals surface area contributed by atoms with E-state index in [2.05, 4.69) is 34.6 Å². The third kappa shape index (κ3) is 3.91. The van der Waals surface area contributed by atoms with Gasteiger partial charge in [0.25, 0.3) is 0 Å². The Labute approximate surface area is 206 Å². The summed E-state index contributed by atoms with van der Waals surface area (Å²) in [6.07, 6.45) is 9.10. The number of fused-ring (bicyclic) bond motifs is 2. The van der Waals surface area contributed by atoms with E-state index in [9.17, 15) is 19.5 Å². The number of carbonyl (C=O) groups excluding carboxylic acids is 3. The molecule has 7 nitrogen and oxygen atoms in total. The topological polar surface area (TPSA) is 87.2 Å². The fourth-order valence-corrected chi connectivity index (χ4v) is 8.64. The van der Waals surface area contributed by atoms with Crippen molar-refractivity contribution in [3.05, 3.63) is 24.3 Å². The van der Waals surface area contributed by atoms with E-state index in [1.165, 1.54) is 11.8 Å². The van der Waals surface area contributed by atoms with Crippen LogP contribution in [0.1, 0.15) is 54.4 Å². The molecule has 6 atom stereocenters. The predicted molar refractivity (Wildman–Crippen MR) is 132 cm³/mol. The van der Waals surface area contributed by atoms with Crippen molar-refractivity contribution in [1.82, 2.24) is 9.80 Å². The Kier molecular flexibility index (Phi) is 6.47. The van der Waals surface area contributed by atoms with E-state index < -0.39 is 34.2 Å². The number of hydrogen-bond donors (Lipinski definition) is 1. The van der Waals surface area contributed by atoms with Crippen LogP contribution in [0.5, 0.6) is 0 Å². The first-order chi connectivity index (χ1) is 15.9. The van der Waals surface area contributed by atoms with Gasteiger partial charge in [-0.3, -0.25) is 14.4 Å². The van der Waals surface area contributed by atoms with Gasteiger partial charge in [0.05, 0.1) is 29.2 Å². The van der Waals surface area contributed by atoms with Gasteiger partial charge in [-0.15, -0.1) is 11.8 Å². The summed E-state index contributed by atoms with van der Waals surface area (Å²) in [6.45, 7) is 13.0. The van der Waals surface area contributed by atoms with Gasteiger partial charge >= 0.3 is 5.97 Å². The molecule has 34 heavy (non-hydrogen) atoms. The summed E-state index contributed by atoms with van der Waals surface area (Å²) in [5, 5.41) is 9.95. The minimum absolute atomic E-state index is 0.00606. The molecule has 8 heteroatoms. The Balaban J connectivity index is 1.84. The normalized spacial score (nSPS) is 34.4. The fourth-order valence-electron chi connectivity index (χ4n) is 6.65. The highest BCUT2D eigenvalue weighted by molar-refractivity contribution is 8.02. The highest BCUT2D eigenvalue weighted by Gasteiger charge is 2.72. The van der Waals surface area contributed by atoms with E-state index in [0.29, 0.717) is 13.0 Å². The lowest BCUT2D eigenvalue weighted by atomic mass is 9.78. The zero-order chi connectivity index (χ0) is 25.1. The molecule has 4 aliphatic rings. The van der Waals surface area contributed by atoms with Crippen molar-refractivity contribution in [3.8, 4) is 0 Å². The summed E-state index contributed by atoms with van der Waals surface area (Å²) in [6, 6.07) is -1.27. The number of nitrogens with zero attached hydrogens (tertiary/aromatic N) is 2. The SMILES string of the molecule is CC[C@@H](CO)N1C(=O)[C@@H]2[C@@H]3C(=O)OCC=C[C@@H]3S[C@@]23C=CCN(C(C)(C)CC(C)(C)C)C(=O)C13. The number of esters is 1. The molecule has 2 saturated heterocycles. The molecule has 2 amide bonds. The van der Waals surface area contributed by atoms with Crippen LogP contribution in [0.4, 0.5) is 0 Å². The number of cyclic esters (lactones) is 1. The second-order valence-electron chi connectivity index (χ2n) is 11.8. The van der Waals surface area contributed by atoms with Crippen molar-refractivity contribution in [1.29, 1.82) is 0 Å². The maximum atomic E-state index is 14.4. The quantitative estimate of drug-likeness (QED) is 0.471. The molecule has 1 unspecified atom stereocenters. The van der Waals surface area contributed by atoms with Crippen LogP contribution in [0.25, 0.3) is 0 Å². The van der Waals surface area contributed by atoms with Crippen LogP contribution in [-0.4, -0.2) is 80.1 Å². The molecular formula is C26H38N2O5S. The molecule has 2 fully saturated rings. The third-order valence-electron chi connectivity index (χ3n) is 7.62. The van der Waals surface area contributed by atoms with E-state index in [4.69, 9.17) is 4.74 Å². The number of carbonyl (C=O) groups is 3. The average Bonchev–Trinajstić information content (AvgIpc) is 3.02. The monoisotopic (exact) mass is 490 g/mol. The van der Waals surface area contributed by atoms with Crippen LogP contribution < -0.4 is 0 Å². The molecule has 1 N–H and O–H groups in total. The van der Waals surface area contributed by atoms with Crippen molar-refractivity contribution in [3.63, 3.8) is 0 Å². The second kappa shape index (κ2) is 8.70. The summed E-state index contributed by atoms with van der Waals surface area (Å²) in [4.78, 5) is 44.9. The van der Waals surface area contributed by atoms with Crippen LogP contribution in [0.15, 0.2) is 24.3 Å². The Bertz CT molecular complexity index is 919. The highest BCUT2D eigenvalue weighted by atomic mass is 32.2. The lowest BCUT2D eigenvalue weighted by Crippen LogP contribution is -2.60. The number of hydrogen-bond acceptors (Lipinski definition) is 6. The molecule has 188 valence electrons. The van der Waals surface area contributed by atoms with Crippen molar-refractivity contribution in [2.24, 2.45) is 17.3 Å². The molecule has 4 aliphatic heterocycles. The number of rotatable bonds is 5. The fraction of sp³-hybridized carbons (Fsp3) is 0.731. The van der Waals surface area contributed by atoms with Gasteiger partial charge in [0.2, 0.25) is 11.8 Å². The minimum Gasteiger partial charge on any atom is -0.461 e. The van der Waals surface area contributed by atoms with Gasteiger partial charge in [-0.25, -0.2) is 0 Å². The molecule has 1 spiro atoms. The average molecular weight is 491 g/mol. The smallest absolute Gasteiger partial charge is 0.311 e. The number of aliphatic hydroxyl groups excluding tert-OH is 1. The zero-order valence-corrected chi connectivity index (χ0v) is 21.9. The maximum absolute atomic E-state index is 14.4. The van der Waals surface area contributed by atoms with Crippen molar-refractivity contribution >= 4 is 29.5 Å². The van der Waals surface area contributed by atoms with Crippen LogP contribution in [-0.2, 0) is 19.1 Å². The lowest BCUT2D eigenvalue weighted by Gasteiger charge is -2.45. The van der Waals surface area contributed by atoms with E-state index >= 15 is 0 Å². The van der Waals surface area contributed by atoms with Gasteiger partial charge in [0, 0.05) is 17.3 Å². The largest absolute Gasteiger partial charge is 0.461 e. The molecular weight excluding hydrogens is 452 g/mol. The second-order valence-corrected chi connectivity index (χ2v) is 13.3. The molecule has 0 aromatic carbocycles.